The predicted molar refractivity (Wildman–Crippen MR) is 105 cm³/mol. The molecular weight excluding hydrogens is 328 g/mol. The zero-order chi connectivity index (χ0) is 18.2. The van der Waals surface area contributed by atoms with Gasteiger partial charge in [0.2, 0.25) is 0 Å². The number of ether oxygens (including phenoxy) is 1. The first-order chi connectivity index (χ1) is 11.7. The number of carbonyl (C=O) groups is 1. The lowest BCUT2D eigenvalue weighted by molar-refractivity contribution is 0.0664. The van der Waals surface area contributed by atoms with Crippen LogP contribution in [0.2, 0.25) is 0 Å². The van der Waals surface area contributed by atoms with Crippen LogP contribution in [0.15, 0.2) is 42.7 Å². The molecule has 1 aliphatic carbocycles. The van der Waals surface area contributed by atoms with E-state index in [9.17, 15) is 4.79 Å². The van der Waals surface area contributed by atoms with E-state index in [0.29, 0.717) is 5.56 Å². The third-order valence-corrected chi connectivity index (χ3v) is 6.83. The first kappa shape index (κ1) is 17.9. The molecule has 3 heteroatoms. The first-order valence-electron chi connectivity index (χ1n) is 8.79. The van der Waals surface area contributed by atoms with Crippen LogP contribution in [0.25, 0.3) is 5.57 Å². The van der Waals surface area contributed by atoms with Crippen molar-refractivity contribution in [3.8, 4) is 0 Å². The molecule has 1 aromatic heterocycles. The fourth-order valence-electron chi connectivity index (χ4n) is 3.31. The highest BCUT2D eigenvalue weighted by Gasteiger charge is 2.39. The van der Waals surface area contributed by atoms with Crippen LogP contribution < -0.4 is 0 Å². The van der Waals surface area contributed by atoms with E-state index in [1.54, 1.807) is 18.4 Å². The van der Waals surface area contributed by atoms with Crippen LogP contribution in [-0.2, 0) is 15.6 Å². The van der Waals surface area contributed by atoms with Crippen LogP contribution in [0.5, 0.6) is 0 Å². The van der Waals surface area contributed by atoms with Crippen LogP contribution in [0.1, 0.15) is 73.1 Å². The van der Waals surface area contributed by atoms with Crippen molar-refractivity contribution < 1.29 is 9.53 Å². The van der Waals surface area contributed by atoms with Gasteiger partial charge in [0, 0.05) is 15.3 Å². The molecule has 132 valence electrons. The average molecular weight is 355 g/mol. The fraction of sp³-hybridized carbons (Fsp3) is 0.409. The summed E-state index contributed by atoms with van der Waals surface area (Å²) in [6, 6.07) is 11.4. The number of hydrogen-bond donors (Lipinski definition) is 0. The number of fused-ring (bicyclic) bond motifs is 1. The molecule has 2 aromatic rings. The van der Waals surface area contributed by atoms with Crippen LogP contribution in [0.4, 0.5) is 0 Å². The van der Waals surface area contributed by atoms with Gasteiger partial charge >= 0.3 is 5.97 Å². The van der Waals surface area contributed by atoms with Crippen molar-refractivity contribution in [1.29, 1.82) is 0 Å². The van der Waals surface area contributed by atoms with Crippen molar-refractivity contribution in [2.75, 3.05) is 0 Å². The van der Waals surface area contributed by atoms with Gasteiger partial charge in [0.25, 0.3) is 0 Å². The summed E-state index contributed by atoms with van der Waals surface area (Å²) in [4.78, 5) is 14.8. The third-order valence-electron chi connectivity index (χ3n) is 5.19. The van der Waals surface area contributed by atoms with Gasteiger partial charge in [0.1, 0.15) is 0 Å². The van der Waals surface area contributed by atoms with E-state index in [2.05, 4.69) is 33.8 Å². The van der Waals surface area contributed by atoms with Gasteiger partial charge in [0.05, 0.1) is 11.8 Å². The first-order valence-corrected chi connectivity index (χ1v) is 9.60. The number of benzene rings is 1. The zero-order valence-corrected chi connectivity index (χ0v) is 16.5. The number of thiophene rings is 1. The largest absolute Gasteiger partial charge is 0.431 e. The van der Waals surface area contributed by atoms with E-state index in [1.807, 2.05) is 36.5 Å². The van der Waals surface area contributed by atoms with E-state index in [1.165, 1.54) is 28.2 Å². The standard InChI is InChI=1S/C22H26O2S/c1-15(14-24-20(23)16-9-7-6-8-10-16)18-13-17-19(25-18)22(4,5)12-11-21(17,2)3/h6-10,13-14H,11-12H2,1-5H3. The second-order valence-electron chi connectivity index (χ2n) is 8.19. The van der Waals surface area contributed by atoms with Gasteiger partial charge in [-0.3, -0.25) is 0 Å². The molecule has 0 amide bonds. The molecule has 0 bridgehead atoms. The van der Waals surface area contributed by atoms with Gasteiger partial charge < -0.3 is 4.74 Å². The lowest BCUT2D eigenvalue weighted by Gasteiger charge is -2.39. The Balaban J connectivity index is 1.85. The monoisotopic (exact) mass is 354 g/mol. The van der Waals surface area contributed by atoms with E-state index in [0.717, 1.165) is 5.57 Å². The maximum Gasteiger partial charge on any atom is 0.342 e. The molecule has 0 aliphatic heterocycles. The Morgan fingerprint density at radius 1 is 1.08 bits per heavy atom. The smallest absolute Gasteiger partial charge is 0.342 e. The average Bonchev–Trinajstić information content (AvgIpc) is 3.05. The van der Waals surface area contributed by atoms with Crippen LogP contribution >= 0.6 is 11.3 Å². The number of rotatable bonds is 3. The molecular formula is C22H26O2S. The molecule has 0 fully saturated rings. The Morgan fingerprint density at radius 3 is 2.36 bits per heavy atom. The van der Waals surface area contributed by atoms with Crippen molar-refractivity contribution >= 4 is 22.9 Å². The van der Waals surface area contributed by atoms with E-state index >= 15 is 0 Å². The highest BCUT2D eigenvalue weighted by Crippen LogP contribution is 2.50. The van der Waals surface area contributed by atoms with E-state index < -0.39 is 0 Å². The second-order valence-corrected chi connectivity index (χ2v) is 9.25. The van der Waals surface area contributed by atoms with Crippen molar-refractivity contribution in [2.24, 2.45) is 0 Å². The molecule has 0 saturated carbocycles. The maximum atomic E-state index is 12.1. The molecule has 2 nitrogen and oxygen atoms in total. The zero-order valence-electron chi connectivity index (χ0n) is 15.7. The summed E-state index contributed by atoms with van der Waals surface area (Å²) >= 11 is 1.84. The molecule has 1 heterocycles. The van der Waals surface area contributed by atoms with Gasteiger partial charge in [-0.15, -0.1) is 11.3 Å². The molecule has 0 saturated heterocycles. The number of allylic oxidation sites excluding steroid dienone is 1. The van der Waals surface area contributed by atoms with Gasteiger partial charge in [0.15, 0.2) is 0 Å². The van der Waals surface area contributed by atoms with Gasteiger partial charge in [-0.2, -0.15) is 0 Å². The Kier molecular flexibility index (Phi) is 4.63. The van der Waals surface area contributed by atoms with Crippen molar-refractivity contribution in [1.82, 2.24) is 0 Å². The molecule has 25 heavy (non-hydrogen) atoms. The van der Waals surface area contributed by atoms with Crippen molar-refractivity contribution in [3.63, 3.8) is 0 Å². The number of hydrogen-bond acceptors (Lipinski definition) is 3. The van der Waals surface area contributed by atoms with Crippen LogP contribution in [-0.4, -0.2) is 5.97 Å². The minimum atomic E-state index is -0.318. The maximum absolute atomic E-state index is 12.1. The molecule has 0 spiro atoms. The Bertz CT molecular complexity index is 776. The summed E-state index contributed by atoms with van der Waals surface area (Å²) in [7, 11) is 0. The molecule has 1 aliphatic rings. The lowest BCUT2D eigenvalue weighted by atomic mass is 9.67. The molecule has 0 N–H and O–H groups in total. The minimum Gasteiger partial charge on any atom is -0.431 e. The Hall–Kier alpha value is -1.87. The molecule has 0 unspecified atom stereocenters. The molecule has 0 atom stereocenters. The van der Waals surface area contributed by atoms with Crippen LogP contribution in [0.3, 0.4) is 0 Å². The summed E-state index contributed by atoms with van der Waals surface area (Å²) in [5.74, 6) is -0.318. The Morgan fingerprint density at radius 2 is 1.72 bits per heavy atom. The van der Waals surface area contributed by atoms with Crippen molar-refractivity contribution in [2.45, 2.75) is 58.3 Å². The quantitative estimate of drug-likeness (QED) is 0.476. The Labute approximate surface area is 154 Å². The normalized spacial score (nSPS) is 18.5. The summed E-state index contributed by atoms with van der Waals surface area (Å²) in [6.07, 6.45) is 4.00. The van der Waals surface area contributed by atoms with Gasteiger partial charge in [-0.1, -0.05) is 45.9 Å². The second kappa shape index (κ2) is 6.45. The topological polar surface area (TPSA) is 26.3 Å². The van der Waals surface area contributed by atoms with E-state index in [-0.39, 0.29) is 16.8 Å². The van der Waals surface area contributed by atoms with Gasteiger partial charge in [-0.25, -0.2) is 4.79 Å². The SMILES string of the molecule is CC(=COC(=O)c1ccccc1)c1cc2c(s1)C(C)(C)CCC2(C)C. The summed E-state index contributed by atoms with van der Waals surface area (Å²) in [5, 5.41) is 0. The molecule has 3 rings (SSSR count). The molecule has 1 aromatic carbocycles. The third kappa shape index (κ3) is 3.57. The summed E-state index contributed by atoms with van der Waals surface area (Å²) in [5.41, 5.74) is 3.44. The number of esters is 1. The predicted octanol–water partition coefficient (Wildman–Crippen LogP) is 6.31. The lowest BCUT2D eigenvalue weighted by Crippen LogP contribution is -2.31. The van der Waals surface area contributed by atoms with Crippen molar-refractivity contribution in [3.05, 3.63) is 63.5 Å². The van der Waals surface area contributed by atoms with Crippen LogP contribution in [0, 0.1) is 0 Å². The van der Waals surface area contributed by atoms with Gasteiger partial charge in [-0.05, 0) is 54.4 Å². The summed E-state index contributed by atoms with van der Waals surface area (Å²) in [6.45, 7) is 11.3. The highest BCUT2D eigenvalue weighted by atomic mass is 32.1. The minimum absolute atomic E-state index is 0.209. The molecule has 0 radical (unpaired) electrons. The summed E-state index contributed by atoms with van der Waals surface area (Å²) < 4.78 is 5.39. The highest BCUT2D eigenvalue weighted by molar-refractivity contribution is 7.13. The number of carbonyl (C=O) groups excluding carboxylic acids is 1. The fourth-order valence-corrected chi connectivity index (χ4v) is 4.74. The van der Waals surface area contributed by atoms with E-state index in [4.69, 9.17) is 4.74 Å².